The van der Waals surface area contributed by atoms with Crippen molar-refractivity contribution in [3.8, 4) is 0 Å². The predicted molar refractivity (Wildman–Crippen MR) is 292 cm³/mol. The SMILES string of the molecule is CCCC/C=C\C/C=C\CCCCCCCC(=O)OCCCCCCCCCCCCCC/C=C\CCCCCCCCCCCCC(=O)NC(CO)C(O)CCCCCCCCCCCC. The van der Waals surface area contributed by atoms with Gasteiger partial charge in [0.1, 0.15) is 0 Å². The third-order valence-corrected chi connectivity index (χ3v) is 13.7. The number of carbonyl (C=O) groups is 2. The topological polar surface area (TPSA) is 95.9 Å². The lowest BCUT2D eigenvalue weighted by atomic mass is 10.0. The molecule has 0 aromatic heterocycles. The van der Waals surface area contributed by atoms with Gasteiger partial charge in [-0.05, 0) is 77.0 Å². The molecule has 0 aliphatic carbocycles. The van der Waals surface area contributed by atoms with Crippen LogP contribution in [0.4, 0.5) is 0 Å². The number of ether oxygens (including phenoxy) is 1. The van der Waals surface area contributed by atoms with Crippen LogP contribution in [0.1, 0.15) is 316 Å². The largest absolute Gasteiger partial charge is 0.466 e. The summed E-state index contributed by atoms with van der Waals surface area (Å²) >= 11 is 0. The fourth-order valence-electron chi connectivity index (χ4n) is 9.06. The van der Waals surface area contributed by atoms with E-state index in [1.165, 1.54) is 231 Å². The monoisotopic (exact) mass is 942 g/mol. The lowest BCUT2D eigenvalue weighted by Gasteiger charge is -2.22. The van der Waals surface area contributed by atoms with Gasteiger partial charge in [0.2, 0.25) is 5.91 Å². The first-order valence-electron chi connectivity index (χ1n) is 29.7. The Kier molecular flexibility index (Phi) is 55.0. The molecule has 0 fully saturated rings. The van der Waals surface area contributed by atoms with Crippen molar-refractivity contribution in [3.05, 3.63) is 36.5 Å². The van der Waals surface area contributed by atoms with Gasteiger partial charge in [-0.25, -0.2) is 0 Å². The van der Waals surface area contributed by atoms with Crippen LogP contribution in [-0.2, 0) is 14.3 Å². The molecule has 6 nitrogen and oxygen atoms in total. The van der Waals surface area contributed by atoms with Gasteiger partial charge in [-0.15, -0.1) is 0 Å². The van der Waals surface area contributed by atoms with Crippen molar-refractivity contribution in [3.63, 3.8) is 0 Å². The van der Waals surface area contributed by atoms with Gasteiger partial charge in [-0.3, -0.25) is 9.59 Å². The smallest absolute Gasteiger partial charge is 0.305 e. The number of carbonyl (C=O) groups excluding carboxylic acids is 2. The van der Waals surface area contributed by atoms with E-state index in [1.807, 2.05) is 0 Å². The fraction of sp³-hybridized carbons (Fsp3) is 0.869. The van der Waals surface area contributed by atoms with Crippen molar-refractivity contribution >= 4 is 11.9 Å². The van der Waals surface area contributed by atoms with Gasteiger partial charge < -0.3 is 20.3 Å². The number of rotatable bonds is 55. The molecule has 0 bridgehead atoms. The summed E-state index contributed by atoms with van der Waals surface area (Å²) in [5.74, 6) is -0.0390. The van der Waals surface area contributed by atoms with Gasteiger partial charge in [0, 0.05) is 12.8 Å². The van der Waals surface area contributed by atoms with E-state index in [9.17, 15) is 19.8 Å². The van der Waals surface area contributed by atoms with E-state index in [1.54, 1.807) is 0 Å². The first-order chi connectivity index (χ1) is 33.0. The molecule has 1 amide bonds. The van der Waals surface area contributed by atoms with Crippen LogP contribution in [0.2, 0.25) is 0 Å². The highest BCUT2D eigenvalue weighted by molar-refractivity contribution is 5.76. The van der Waals surface area contributed by atoms with Crippen LogP contribution in [0, 0.1) is 0 Å². The first-order valence-corrected chi connectivity index (χ1v) is 29.7. The van der Waals surface area contributed by atoms with Gasteiger partial charge in [0.15, 0.2) is 0 Å². The quantitative estimate of drug-likeness (QED) is 0.0321. The first kappa shape index (κ1) is 65.1. The van der Waals surface area contributed by atoms with Gasteiger partial charge in [-0.1, -0.05) is 262 Å². The molecule has 0 aromatic rings. The summed E-state index contributed by atoms with van der Waals surface area (Å²) in [7, 11) is 0. The third-order valence-electron chi connectivity index (χ3n) is 13.7. The van der Waals surface area contributed by atoms with Crippen LogP contribution in [-0.4, -0.2) is 47.4 Å². The Hall–Kier alpha value is -1.92. The zero-order valence-corrected chi connectivity index (χ0v) is 44.9. The van der Waals surface area contributed by atoms with Crippen LogP contribution < -0.4 is 5.32 Å². The summed E-state index contributed by atoms with van der Waals surface area (Å²) in [6, 6.07) is -0.541. The molecule has 0 saturated carbocycles. The van der Waals surface area contributed by atoms with E-state index < -0.39 is 12.1 Å². The molecule has 0 aliphatic rings. The van der Waals surface area contributed by atoms with Crippen molar-refractivity contribution in [2.24, 2.45) is 0 Å². The molecule has 67 heavy (non-hydrogen) atoms. The summed E-state index contributed by atoms with van der Waals surface area (Å²) < 4.78 is 5.47. The van der Waals surface area contributed by atoms with Crippen LogP contribution in [0.15, 0.2) is 36.5 Å². The fourth-order valence-corrected chi connectivity index (χ4v) is 9.06. The molecule has 0 aliphatic heterocycles. The Morgan fingerprint density at radius 2 is 0.761 bits per heavy atom. The number of aliphatic hydroxyl groups excluding tert-OH is 2. The predicted octanol–water partition coefficient (Wildman–Crippen LogP) is 18.4. The van der Waals surface area contributed by atoms with E-state index in [-0.39, 0.29) is 18.5 Å². The second-order valence-corrected chi connectivity index (χ2v) is 20.3. The minimum atomic E-state index is -0.663. The van der Waals surface area contributed by atoms with E-state index in [0.29, 0.717) is 25.9 Å². The van der Waals surface area contributed by atoms with Gasteiger partial charge in [-0.2, -0.15) is 0 Å². The molecule has 6 heteroatoms. The Bertz CT molecular complexity index is 1090. The van der Waals surface area contributed by atoms with Crippen molar-refractivity contribution < 1.29 is 24.5 Å². The number of allylic oxidation sites excluding steroid dienone is 6. The van der Waals surface area contributed by atoms with Crippen molar-refractivity contribution in [2.75, 3.05) is 13.2 Å². The summed E-state index contributed by atoms with van der Waals surface area (Å²) in [6.07, 6.45) is 70.1. The Balaban J connectivity index is 3.37. The molecule has 0 aromatic carbocycles. The molecule has 0 saturated heterocycles. The summed E-state index contributed by atoms with van der Waals surface area (Å²) in [5, 5.41) is 23.1. The third kappa shape index (κ3) is 53.3. The van der Waals surface area contributed by atoms with E-state index in [2.05, 4.69) is 55.6 Å². The highest BCUT2D eigenvalue weighted by Gasteiger charge is 2.20. The second kappa shape index (κ2) is 56.7. The molecule has 3 N–H and O–H groups in total. The maximum absolute atomic E-state index is 12.4. The summed E-state index contributed by atoms with van der Waals surface area (Å²) in [5.41, 5.74) is 0. The van der Waals surface area contributed by atoms with Crippen LogP contribution in [0.5, 0.6) is 0 Å². The second-order valence-electron chi connectivity index (χ2n) is 20.3. The Morgan fingerprint density at radius 1 is 0.418 bits per heavy atom. The highest BCUT2D eigenvalue weighted by Crippen LogP contribution is 2.17. The number of hydrogen-bond acceptors (Lipinski definition) is 5. The molecule has 0 spiro atoms. The zero-order chi connectivity index (χ0) is 48.6. The number of amides is 1. The lowest BCUT2D eigenvalue weighted by Crippen LogP contribution is -2.45. The summed E-state index contributed by atoms with van der Waals surface area (Å²) in [4.78, 5) is 24.5. The van der Waals surface area contributed by atoms with Crippen molar-refractivity contribution in [2.45, 2.75) is 328 Å². The van der Waals surface area contributed by atoms with E-state index in [0.717, 1.165) is 51.4 Å². The number of nitrogens with one attached hydrogen (secondary N) is 1. The minimum Gasteiger partial charge on any atom is -0.466 e. The molecular formula is C61H115NO5. The molecule has 2 unspecified atom stereocenters. The van der Waals surface area contributed by atoms with Crippen molar-refractivity contribution in [1.29, 1.82) is 0 Å². The zero-order valence-electron chi connectivity index (χ0n) is 44.9. The van der Waals surface area contributed by atoms with Crippen molar-refractivity contribution in [1.82, 2.24) is 5.32 Å². The minimum absolute atomic E-state index is 0.000629. The highest BCUT2D eigenvalue weighted by atomic mass is 16.5. The molecule has 0 heterocycles. The Labute approximate surface area is 417 Å². The molecule has 2 atom stereocenters. The average molecular weight is 943 g/mol. The molecule has 0 rings (SSSR count). The molecular weight excluding hydrogens is 827 g/mol. The normalized spacial score (nSPS) is 12.8. The van der Waals surface area contributed by atoms with E-state index >= 15 is 0 Å². The van der Waals surface area contributed by atoms with Gasteiger partial charge in [0.25, 0.3) is 0 Å². The number of unbranched alkanes of at least 4 members (excludes halogenated alkanes) is 38. The van der Waals surface area contributed by atoms with Gasteiger partial charge >= 0.3 is 5.97 Å². The van der Waals surface area contributed by atoms with Crippen LogP contribution in [0.3, 0.4) is 0 Å². The average Bonchev–Trinajstić information content (AvgIpc) is 3.33. The molecule has 394 valence electrons. The number of aliphatic hydroxyl groups is 2. The maximum Gasteiger partial charge on any atom is 0.305 e. The summed E-state index contributed by atoms with van der Waals surface area (Å²) in [6.45, 7) is 4.90. The Morgan fingerprint density at radius 3 is 1.19 bits per heavy atom. The number of esters is 1. The lowest BCUT2D eigenvalue weighted by molar-refractivity contribution is -0.143. The van der Waals surface area contributed by atoms with Gasteiger partial charge in [0.05, 0.1) is 25.4 Å². The van der Waals surface area contributed by atoms with Crippen LogP contribution >= 0.6 is 0 Å². The standard InChI is InChI=1S/C61H115NO5/c1-3-5-7-9-11-13-15-16-32-35-39-43-47-51-55-61(66)67-56-52-48-44-40-36-33-30-28-26-24-22-20-18-17-19-21-23-25-27-29-31-34-38-42-46-50-54-60(65)62-58(57-63)59(64)53-49-45-41-37-14-12-10-8-6-4-2/h9,11,15-17,19,58-59,63-64H,3-8,10,12-14,18,20-57H2,1-2H3,(H,62,65)/b11-9-,16-15-,19-17-. The number of hydrogen-bond donors (Lipinski definition) is 3. The van der Waals surface area contributed by atoms with E-state index in [4.69, 9.17) is 4.74 Å². The molecule has 0 radical (unpaired) electrons. The van der Waals surface area contributed by atoms with Crippen LogP contribution in [0.25, 0.3) is 0 Å². The maximum atomic E-state index is 12.4.